The van der Waals surface area contributed by atoms with Crippen molar-refractivity contribution in [3.8, 4) is 0 Å². The molecule has 5 nitrogen and oxygen atoms in total. The molecular formula is C14H12FNO4. The summed E-state index contributed by atoms with van der Waals surface area (Å²) < 4.78 is 13.9. The zero-order chi connectivity index (χ0) is 14.7. The standard InChI is InChI=1S/C14H12FNO4/c15-11-7-9(2-6-14(19)20)1-3-10(11)8-16-12(17)4-5-13(16)18/h1-3,6-7H,4-5,8H2,(H,19,20). The fourth-order valence-corrected chi connectivity index (χ4v) is 1.93. The van der Waals surface area contributed by atoms with Crippen molar-refractivity contribution < 1.29 is 23.9 Å². The molecule has 1 fully saturated rings. The number of carboxylic acid groups (broad SMARTS) is 1. The van der Waals surface area contributed by atoms with E-state index in [0.29, 0.717) is 5.56 Å². The molecule has 1 saturated heterocycles. The molecule has 2 rings (SSSR count). The molecule has 0 bridgehead atoms. The second-order valence-electron chi connectivity index (χ2n) is 4.40. The topological polar surface area (TPSA) is 74.7 Å². The van der Waals surface area contributed by atoms with Crippen molar-refractivity contribution in [2.24, 2.45) is 0 Å². The summed E-state index contributed by atoms with van der Waals surface area (Å²) in [7, 11) is 0. The predicted molar refractivity (Wildman–Crippen MR) is 67.9 cm³/mol. The maximum Gasteiger partial charge on any atom is 0.328 e. The number of carboxylic acids is 1. The van der Waals surface area contributed by atoms with Crippen LogP contribution in [0.5, 0.6) is 0 Å². The summed E-state index contributed by atoms with van der Waals surface area (Å²) in [5.41, 5.74) is 0.619. The van der Waals surface area contributed by atoms with E-state index in [1.807, 2.05) is 0 Å². The van der Waals surface area contributed by atoms with E-state index in [2.05, 4.69) is 0 Å². The number of rotatable bonds is 4. The van der Waals surface area contributed by atoms with Gasteiger partial charge in [-0.05, 0) is 17.7 Å². The van der Waals surface area contributed by atoms with Gasteiger partial charge in [0.05, 0.1) is 6.54 Å². The van der Waals surface area contributed by atoms with E-state index in [-0.39, 0.29) is 36.8 Å². The molecule has 1 aromatic carbocycles. The van der Waals surface area contributed by atoms with Crippen LogP contribution in [0.3, 0.4) is 0 Å². The minimum absolute atomic E-state index is 0.0908. The summed E-state index contributed by atoms with van der Waals surface area (Å²) in [6.45, 7) is -0.0908. The molecule has 0 atom stereocenters. The Kier molecular flexibility index (Phi) is 3.93. The number of nitrogens with zero attached hydrogens (tertiary/aromatic N) is 1. The number of halogens is 1. The van der Waals surface area contributed by atoms with Gasteiger partial charge in [-0.3, -0.25) is 14.5 Å². The summed E-state index contributed by atoms with van der Waals surface area (Å²) in [6.07, 6.45) is 2.50. The third-order valence-electron chi connectivity index (χ3n) is 2.98. The van der Waals surface area contributed by atoms with Gasteiger partial charge in [0.2, 0.25) is 11.8 Å². The monoisotopic (exact) mass is 277 g/mol. The molecule has 0 radical (unpaired) electrons. The van der Waals surface area contributed by atoms with Gasteiger partial charge in [0.1, 0.15) is 5.82 Å². The van der Waals surface area contributed by atoms with E-state index in [0.717, 1.165) is 11.0 Å². The summed E-state index contributed by atoms with van der Waals surface area (Å²) in [4.78, 5) is 34.3. The molecule has 1 N–H and O–H groups in total. The summed E-state index contributed by atoms with van der Waals surface area (Å²) in [5, 5.41) is 8.48. The van der Waals surface area contributed by atoms with Gasteiger partial charge < -0.3 is 5.11 Å². The molecule has 2 amide bonds. The van der Waals surface area contributed by atoms with Gasteiger partial charge in [-0.2, -0.15) is 0 Å². The fourth-order valence-electron chi connectivity index (χ4n) is 1.93. The number of imide groups is 1. The van der Waals surface area contributed by atoms with Crippen molar-refractivity contribution in [2.75, 3.05) is 0 Å². The van der Waals surface area contributed by atoms with Crippen LogP contribution in [-0.4, -0.2) is 27.8 Å². The number of hydrogen-bond acceptors (Lipinski definition) is 3. The van der Waals surface area contributed by atoms with Gasteiger partial charge in [-0.1, -0.05) is 12.1 Å². The van der Waals surface area contributed by atoms with Crippen LogP contribution < -0.4 is 0 Å². The van der Waals surface area contributed by atoms with E-state index in [9.17, 15) is 18.8 Å². The van der Waals surface area contributed by atoms with Crippen molar-refractivity contribution in [1.82, 2.24) is 4.90 Å². The lowest BCUT2D eigenvalue weighted by Crippen LogP contribution is -2.28. The molecule has 20 heavy (non-hydrogen) atoms. The molecule has 0 unspecified atom stereocenters. The molecule has 0 aliphatic carbocycles. The SMILES string of the molecule is O=C(O)C=Cc1ccc(CN2C(=O)CCC2=O)c(F)c1. The van der Waals surface area contributed by atoms with E-state index >= 15 is 0 Å². The molecular weight excluding hydrogens is 265 g/mol. The Labute approximate surface area is 114 Å². The quantitative estimate of drug-likeness (QED) is 0.669. The number of benzene rings is 1. The highest BCUT2D eigenvalue weighted by atomic mass is 19.1. The number of carbonyl (C=O) groups excluding carboxylic acids is 2. The van der Waals surface area contributed by atoms with Gasteiger partial charge in [-0.25, -0.2) is 9.18 Å². The van der Waals surface area contributed by atoms with Gasteiger partial charge in [0.15, 0.2) is 0 Å². The fraction of sp³-hybridized carbons (Fsp3) is 0.214. The Hall–Kier alpha value is -2.50. The lowest BCUT2D eigenvalue weighted by atomic mass is 10.1. The highest BCUT2D eigenvalue weighted by Gasteiger charge is 2.29. The number of amides is 2. The van der Waals surface area contributed by atoms with Crippen LogP contribution >= 0.6 is 0 Å². The van der Waals surface area contributed by atoms with Crippen LogP contribution in [0.15, 0.2) is 24.3 Å². The van der Waals surface area contributed by atoms with Crippen LogP contribution in [0.2, 0.25) is 0 Å². The molecule has 104 valence electrons. The zero-order valence-electron chi connectivity index (χ0n) is 10.5. The zero-order valence-corrected chi connectivity index (χ0v) is 10.5. The Morgan fingerprint density at radius 3 is 2.50 bits per heavy atom. The Morgan fingerprint density at radius 2 is 1.95 bits per heavy atom. The largest absolute Gasteiger partial charge is 0.478 e. The number of carbonyl (C=O) groups is 3. The highest BCUT2D eigenvalue weighted by molar-refractivity contribution is 6.01. The summed E-state index contributed by atoms with van der Waals surface area (Å²) in [6, 6.07) is 4.14. The van der Waals surface area contributed by atoms with Crippen LogP contribution in [0.1, 0.15) is 24.0 Å². The van der Waals surface area contributed by atoms with E-state index in [4.69, 9.17) is 5.11 Å². The summed E-state index contributed by atoms with van der Waals surface area (Å²) in [5.74, 6) is -2.30. The number of likely N-dealkylation sites (tertiary alicyclic amines) is 1. The Balaban J connectivity index is 2.16. The van der Waals surface area contributed by atoms with Crippen molar-refractivity contribution in [2.45, 2.75) is 19.4 Å². The highest BCUT2D eigenvalue weighted by Crippen LogP contribution is 2.19. The molecule has 6 heteroatoms. The first-order chi connectivity index (χ1) is 9.47. The normalized spacial score (nSPS) is 15.3. The minimum Gasteiger partial charge on any atom is -0.478 e. The van der Waals surface area contributed by atoms with Crippen molar-refractivity contribution in [1.29, 1.82) is 0 Å². The first-order valence-electron chi connectivity index (χ1n) is 6.00. The average Bonchev–Trinajstić information content (AvgIpc) is 2.70. The molecule has 0 spiro atoms. The van der Waals surface area contributed by atoms with Crippen LogP contribution in [0.25, 0.3) is 6.08 Å². The van der Waals surface area contributed by atoms with Crippen molar-refractivity contribution in [3.05, 3.63) is 41.2 Å². The maximum absolute atomic E-state index is 13.9. The molecule has 0 saturated carbocycles. The lowest BCUT2D eigenvalue weighted by molar-refractivity contribution is -0.139. The van der Waals surface area contributed by atoms with E-state index < -0.39 is 11.8 Å². The van der Waals surface area contributed by atoms with Gasteiger partial charge in [0, 0.05) is 24.5 Å². The Bertz CT molecular complexity index is 593. The van der Waals surface area contributed by atoms with Crippen molar-refractivity contribution in [3.63, 3.8) is 0 Å². The smallest absolute Gasteiger partial charge is 0.328 e. The average molecular weight is 277 g/mol. The molecule has 1 aromatic rings. The van der Waals surface area contributed by atoms with Gasteiger partial charge >= 0.3 is 5.97 Å². The third kappa shape index (κ3) is 3.09. The number of hydrogen-bond donors (Lipinski definition) is 1. The van der Waals surface area contributed by atoms with Crippen molar-refractivity contribution >= 4 is 23.9 Å². The molecule has 1 heterocycles. The maximum atomic E-state index is 13.9. The second kappa shape index (κ2) is 5.64. The van der Waals surface area contributed by atoms with Crippen LogP contribution in [-0.2, 0) is 20.9 Å². The third-order valence-corrected chi connectivity index (χ3v) is 2.98. The Morgan fingerprint density at radius 1 is 1.30 bits per heavy atom. The van der Waals surface area contributed by atoms with E-state index in [1.54, 1.807) is 0 Å². The van der Waals surface area contributed by atoms with E-state index in [1.165, 1.54) is 24.3 Å². The van der Waals surface area contributed by atoms with Crippen LogP contribution in [0, 0.1) is 5.82 Å². The van der Waals surface area contributed by atoms with Gasteiger partial charge in [-0.15, -0.1) is 0 Å². The molecule has 1 aliphatic rings. The van der Waals surface area contributed by atoms with Gasteiger partial charge in [0.25, 0.3) is 0 Å². The lowest BCUT2D eigenvalue weighted by Gasteiger charge is -2.14. The first-order valence-corrected chi connectivity index (χ1v) is 6.00. The second-order valence-corrected chi connectivity index (χ2v) is 4.40. The summed E-state index contributed by atoms with van der Waals surface area (Å²) >= 11 is 0. The molecule has 0 aromatic heterocycles. The molecule has 1 aliphatic heterocycles. The first kappa shape index (κ1) is 13.9. The minimum atomic E-state index is -1.12. The predicted octanol–water partition coefficient (Wildman–Crippen LogP) is 1.57. The number of aliphatic carboxylic acids is 1. The van der Waals surface area contributed by atoms with Crippen LogP contribution in [0.4, 0.5) is 4.39 Å².